The van der Waals surface area contributed by atoms with Gasteiger partial charge in [-0.25, -0.2) is 0 Å². The first-order chi connectivity index (χ1) is 11.4. The number of carbonyl (C=O) groups excluding carboxylic acids is 1. The van der Waals surface area contributed by atoms with Crippen LogP contribution < -0.4 is 9.80 Å². The van der Waals surface area contributed by atoms with Crippen molar-refractivity contribution in [3.8, 4) is 0 Å². The Morgan fingerprint density at radius 2 is 1.71 bits per heavy atom. The molecule has 3 heteroatoms. The van der Waals surface area contributed by atoms with Crippen LogP contribution >= 0.6 is 0 Å². The molecular formula is C21H26N2O. The van der Waals surface area contributed by atoms with Gasteiger partial charge in [-0.15, -0.1) is 0 Å². The average Bonchev–Trinajstić information content (AvgIpc) is 2.78. The molecule has 0 saturated heterocycles. The molecule has 1 atom stereocenters. The van der Waals surface area contributed by atoms with Crippen LogP contribution in [0.2, 0.25) is 0 Å². The van der Waals surface area contributed by atoms with Crippen LogP contribution in [0.15, 0.2) is 48.5 Å². The zero-order valence-electron chi connectivity index (χ0n) is 15.0. The molecule has 3 nitrogen and oxygen atoms in total. The van der Waals surface area contributed by atoms with Gasteiger partial charge in [-0.2, -0.15) is 0 Å². The minimum atomic E-state index is -0.394. The lowest BCUT2D eigenvalue weighted by molar-refractivity contribution is -0.122. The fourth-order valence-corrected chi connectivity index (χ4v) is 3.68. The van der Waals surface area contributed by atoms with Crippen LogP contribution in [0.4, 0.5) is 11.4 Å². The Bertz CT molecular complexity index is 736. The van der Waals surface area contributed by atoms with Gasteiger partial charge in [-0.1, -0.05) is 30.3 Å². The van der Waals surface area contributed by atoms with Gasteiger partial charge >= 0.3 is 0 Å². The zero-order chi connectivity index (χ0) is 17.3. The molecule has 0 fully saturated rings. The quantitative estimate of drug-likeness (QED) is 0.830. The Balaban J connectivity index is 1.69. The summed E-state index contributed by atoms with van der Waals surface area (Å²) in [4.78, 5) is 16.7. The van der Waals surface area contributed by atoms with E-state index in [1.807, 2.05) is 25.2 Å². The summed E-state index contributed by atoms with van der Waals surface area (Å²) in [7, 11) is 5.98. The topological polar surface area (TPSA) is 23.6 Å². The van der Waals surface area contributed by atoms with Crippen LogP contribution in [-0.4, -0.2) is 27.1 Å². The van der Waals surface area contributed by atoms with Gasteiger partial charge in [0.15, 0.2) is 0 Å². The van der Waals surface area contributed by atoms with E-state index in [-0.39, 0.29) is 5.91 Å². The SMILES string of the molecule is CN(C)c1ccc(CCCC2(C)C(=O)N(C)c3ccccc32)cc1. The predicted octanol–water partition coefficient (Wildman–Crippen LogP) is 4.01. The number of carbonyl (C=O) groups is 1. The molecule has 0 N–H and O–H groups in total. The second-order valence-corrected chi connectivity index (χ2v) is 7.13. The molecule has 0 saturated carbocycles. The van der Waals surface area contributed by atoms with Crippen molar-refractivity contribution in [2.75, 3.05) is 30.9 Å². The molecule has 1 aliphatic heterocycles. The lowest BCUT2D eigenvalue weighted by Gasteiger charge is -2.23. The van der Waals surface area contributed by atoms with Gasteiger partial charge < -0.3 is 9.80 Å². The minimum absolute atomic E-state index is 0.214. The lowest BCUT2D eigenvalue weighted by Crippen LogP contribution is -2.36. The standard InChI is InChI=1S/C21H26N2O/c1-21(18-9-5-6-10-19(18)23(4)20(21)24)15-7-8-16-11-13-17(14-12-16)22(2)3/h5-6,9-14H,7-8,15H2,1-4H3. The van der Waals surface area contributed by atoms with Crippen LogP contribution in [0.3, 0.4) is 0 Å². The molecule has 0 bridgehead atoms. The van der Waals surface area contributed by atoms with Gasteiger partial charge in [0.1, 0.15) is 0 Å². The van der Waals surface area contributed by atoms with Gasteiger partial charge in [0, 0.05) is 32.5 Å². The highest BCUT2D eigenvalue weighted by Gasteiger charge is 2.44. The van der Waals surface area contributed by atoms with Gasteiger partial charge in [-0.05, 0) is 55.5 Å². The largest absolute Gasteiger partial charge is 0.378 e. The Hall–Kier alpha value is -2.29. The smallest absolute Gasteiger partial charge is 0.237 e. The third-order valence-corrected chi connectivity index (χ3v) is 5.23. The summed E-state index contributed by atoms with van der Waals surface area (Å²) in [6, 6.07) is 16.9. The molecule has 24 heavy (non-hydrogen) atoms. The number of benzene rings is 2. The fourth-order valence-electron chi connectivity index (χ4n) is 3.68. The summed E-state index contributed by atoms with van der Waals surface area (Å²) in [6.45, 7) is 2.09. The van der Waals surface area contributed by atoms with E-state index in [2.05, 4.69) is 56.3 Å². The molecule has 1 aliphatic rings. The van der Waals surface area contributed by atoms with Crippen molar-refractivity contribution < 1.29 is 4.79 Å². The van der Waals surface area contributed by atoms with Crippen LogP contribution in [0.5, 0.6) is 0 Å². The highest BCUT2D eigenvalue weighted by Crippen LogP contribution is 2.43. The van der Waals surface area contributed by atoms with E-state index in [9.17, 15) is 4.79 Å². The number of rotatable bonds is 5. The predicted molar refractivity (Wildman–Crippen MR) is 101 cm³/mol. The van der Waals surface area contributed by atoms with Crippen molar-refractivity contribution in [1.29, 1.82) is 0 Å². The minimum Gasteiger partial charge on any atom is -0.378 e. The van der Waals surface area contributed by atoms with E-state index in [1.54, 1.807) is 4.90 Å². The summed E-state index contributed by atoms with van der Waals surface area (Å²) in [5, 5.41) is 0. The van der Waals surface area contributed by atoms with E-state index < -0.39 is 5.41 Å². The molecule has 0 aliphatic carbocycles. The van der Waals surface area contributed by atoms with E-state index >= 15 is 0 Å². The number of likely N-dealkylation sites (N-methyl/N-ethyl adjacent to an activating group) is 1. The number of anilines is 2. The Morgan fingerprint density at radius 3 is 2.38 bits per heavy atom. The lowest BCUT2D eigenvalue weighted by atomic mass is 9.79. The molecule has 0 aromatic heterocycles. The molecule has 0 radical (unpaired) electrons. The zero-order valence-corrected chi connectivity index (χ0v) is 15.0. The monoisotopic (exact) mass is 322 g/mol. The van der Waals surface area contributed by atoms with E-state index in [1.165, 1.54) is 16.8 Å². The van der Waals surface area contributed by atoms with Gasteiger partial charge in [0.2, 0.25) is 5.91 Å². The second-order valence-electron chi connectivity index (χ2n) is 7.13. The number of hydrogen-bond donors (Lipinski definition) is 0. The molecule has 2 aromatic carbocycles. The molecular weight excluding hydrogens is 296 g/mol. The maximum absolute atomic E-state index is 12.8. The first-order valence-corrected chi connectivity index (χ1v) is 8.57. The van der Waals surface area contributed by atoms with Gasteiger partial charge in [-0.3, -0.25) is 4.79 Å². The molecule has 126 valence electrons. The summed E-state index contributed by atoms with van der Waals surface area (Å²) >= 11 is 0. The summed E-state index contributed by atoms with van der Waals surface area (Å²) in [6.07, 6.45) is 2.89. The number of nitrogens with zero attached hydrogens (tertiary/aromatic N) is 2. The van der Waals surface area contributed by atoms with Crippen molar-refractivity contribution in [2.45, 2.75) is 31.6 Å². The number of aryl methyl sites for hydroxylation is 1. The van der Waals surface area contributed by atoms with E-state index in [0.717, 1.165) is 24.9 Å². The Labute approximate surface area is 144 Å². The molecule has 2 aromatic rings. The summed E-state index contributed by atoms with van der Waals surface area (Å²) < 4.78 is 0. The number of fused-ring (bicyclic) bond motifs is 1. The van der Waals surface area contributed by atoms with Crippen LogP contribution in [-0.2, 0) is 16.6 Å². The van der Waals surface area contributed by atoms with Gasteiger partial charge in [0.25, 0.3) is 0 Å². The maximum atomic E-state index is 12.8. The third kappa shape index (κ3) is 2.79. The van der Waals surface area contributed by atoms with E-state index in [4.69, 9.17) is 0 Å². The van der Waals surface area contributed by atoms with Crippen LogP contribution in [0, 0.1) is 0 Å². The summed E-state index contributed by atoms with van der Waals surface area (Å²) in [5.74, 6) is 0.214. The van der Waals surface area contributed by atoms with Crippen molar-refractivity contribution in [1.82, 2.24) is 0 Å². The summed E-state index contributed by atoms with van der Waals surface area (Å²) in [5.41, 5.74) is 4.37. The molecule has 1 unspecified atom stereocenters. The van der Waals surface area contributed by atoms with Crippen LogP contribution in [0.25, 0.3) is 0 Å². The van der Waals surface area contributed by atoms with Crippen LogP contribution in [0.1, 0.15) is 30.9 Å². The first kappa shape index (κ1) is 16.6. The maximum Gasteiger partial charge on any atom is 0.237 e. The fraction of sp³-hybridized carbons (Fsp3) is 0.381. The van der Waals surface area contributed by atoms with Gasteiger partial charge in [0.05, 0.1) is 5.41 Å². The van der Waals surface area contributed by atoms with Crippen molar-refractivity contribution in [3.05, 3.63) is 59.7 Å². The molecule has 1 amide bonds. The molecule has 1 heterocycles. The highest BCUT2D eigenvalue weighted by molar-refractivity contribution is 6.07. The van der Waals surface area contributed by atoms with Crippen molar-refractivity contribution in [2.24, 2.45) is 0 Å². The van der Waals surface area contributed by atoms with E-state index in [0.29, 0.717) is 0 Å². The van der Waals surface area contributed by atoms with Crippen molar-refractivity contribution >= 4 is 17.3 Å². The number of amides is 1. The third-order valence-electron chi connectivity index (χ3n) is 5.23. The molecule has 3 rings (SSSR count). The average molecular weight is 322 g/mol. The highest BCUT2D eigenvalue weighted by atomic mass is 16.2. The first-order valence-electron chi connectivity index (χ1n) is 8.57. The Morgan fingerprint density at radius 1 is 1.04 bits per heavy atom. The number of para-hydroxylation sites is 1. The second kappa shape index (κ2) is 6.31. The van der Waals surface area contributed by atoms with Crippen molar-refractivity contribution in [3.63, 3.8) is 0 Å². The normalized spacial score (nSPS) is 19.5. The number of hydrogen-bond acceptors (Lipinski definition) is 2. The Kier molecular flexibility index (Phi) is 4.35. The molecule has 0 spiro atoms.